The zero-order valence-corrected chi connectivity index (χ0v) is 9.07. The van der Waals surface area contributed by atoms with Gasteiger partial charge in [0, 0.05) is 5.57 Å². The Morgan fingerprint density at radius 1 is 1.80 bits per heavy atom. The Morgan fingerprint density at radius 2 is 1.90 bits per heavy atom. The van der Waals surface area contributed by atoms with Crippen molar-refractivity contribution >= 4 is 23.6 Å². The van der Waals surface area contributed by atoms with Crippen molar-refractivity contribution in [2.45, 2.75) is 6.92 Å². The van der Waals surface area contributed by atoms with Crippen molar-refractivity contribution < 1.29 is 39.5 Å². The molecule has 0 heterocycles. The molecule has 0 spiro atoms. The van der Waals surface area contributed by atoms with Crippen LogP contribution < -0.4 is 29.6 Å². The van der Waals surface area contributed by atoms with E-state index >= 15 is 0 Å². The fourth-order valence-electron chi connectivity index (χ4n) is 0. The summed E-state index contributed by atoms with van der Waals surface area (Å²) in [7, 11) is 0. The average molecular weight is 168 g/mol. The normalized spacial score (nSPS) is 5.70. The van der Waals surface area contributed by atoms with Crippen LogP contribution in [0.2, 0.25) is 0 Å². The van der Waals surface area contributed by atoms with E-state index in [0.29, 0.717) is 0 Å². The summed E-state index contributed by atoms with van der Waals surface area (Å²) in [4.78, 5) is 9.60. The molecule has 0 bridgehead atoms. The molecule has 0 saturated carbocycles. The molecule has 0 rings (SSSR count). The molecule has 0 saturated heterocycles. The van der Waals surface area contributed by atoms with Crippen molar-refractivity contribution in [3.63, 3.8) is 0 Å². The summed E-state index contributed by atoms with van der Waals surface area (Å²) in [5.41, 5.74) is 0.176. The monoisotopic (exact) mass is 168 g/mol. The van der Waals surface area contributed by atoms with E-state index in [4.69, 9.17) is 5.11 Å². The van der Waals surface area contributed by atoms with Crippen LogP contribution in [0, 0.1) is 6.92 Å². The molecular weight excluding hydrogens is 159 g/mol. The summed E-state index contributed by atoms with van der Waals surface area (Å²) in [6.45, 7) is 7.78. The topological polar surface area (TPSA) is 37.3 Å². The number of carbonyl (C=O) groups is 1. The van der Waals surface area contributed by atoms with Crippen LogP contribution in [0.1, 0.15) is 6.92 Å². The van der Waals surface area contributed by atoms with Gasteiger partial charge in [0.05, 0.1) is 0 Å². The molecule has 0 atom stereocenters. The Hall–Kier alpha value is 0.170. The number of hydrogen-bond acceptors (Lipinski definition) is 2. The van der Waals surface area contributed by atoms with Gasteiger partial charge in [-0.3, -0.25) is 0 Å². The minimum Gasteiger partial charge on any atom is -0.478 e. The maximum atomic E-state index is 9.60. The predicted octanol–water partition coefficient (Wildman–Crippen LogP) is -1.53. The first-order valence-electron chi connectivity index (χ1n) is 2.18. The van der Waals surface area contributed by atoms with Gasteiger partial charge in [-0.25, -0.2) is 4.79 Å². The second-order valence-corrected chi connectivity index (χ2v) is 1.59. The number of carboxylic acid groups (broad SMARTS) is 1. The van der Waals surface area contributed by atoms with Gasteiger partial charge in [-0.2, -0.15) is 5.37 Å². The largest absolute Gasteiger partial charge is 1.00 e. The molecule has 1 N–H and O–H groups in total. The predicted molar refractivity (Wildman–Crippen MR) is 41.5 cm³/mol. The molecule has 0 amide bonds. The van der Waals surface area contributed by atoms with Gasteiger partial charge >= 0.3 is 35.5 Å². The Bertz CT molecular complexity index is 111. The third kappa shape index (κ3) is 24.2. The summed E-state index contributed by atoms with van der Waals surface area (Å²) >= 11 is 4.16. The van der Waals surface area contributed by atoms with Crippen molar-refractivity contribution in [3.05, 3.63) is 19.1 Å². The molecule has 52 valence electrons. The van der Waals surface area contributed by atoms with Crippen LogP contribution in [-0.4, -0.2) is 16.4 Å². The SMILES string of the molecule is C=C(C)C(=O)O.[CH2-]C=S.[Na+]. The fraction of sp³-hybridized carbons (Fsp3) is 0.167. The van der Waals surface area contributed by atoms with Crippen LogP contribution in [-0.2, 0) is 4.79 Å². The van der Waals surface area contributed by atoms with E-state index in [-0.39, 0.29) is 35.1 Å². The van der Waals surface area contributed by atoms with Gasteiger partial charge in [0.25, 0.3) is 0 Å². The molecule has 2 nitrogen and oxygen atoms in total. The maximum Gasteiger partial charge on any atom is 1.00 e. The quantitative estimate of drug-likeness (QED) is 0.223. The molecule has 0 aliphatic rings. The Balaban J connectivity index is -0.000000107. The van der Waals surface area contributed by atoms with Crippen LogP contribution in [0.25, 0.3) is 0 Å². The van der Waals surface area contributed by atoms with Gasteiger partial charge in [-0.15, -0.1) is 12.2 Å². The number of carboxylic acids is 1. The first kappa shape index (κ1) is 16.6. The van der Waals surface area contributed by atoms with Crippen LogP contribution in [0.5, 0.6) is 0 Å². The minimum absolute atomic E-state index is 0. The van der Waals surface area contributed by atoms with E-state index in [1.54, 1.807) is 0 Å². The molecule has 0 aromatic carbocycles. The van der Waals surface area contributed by atoms with Gasteiger partial charge < -0.3 is 12.0 Å². The first-order chi connectivity index (χ1) is 4.06. The summed E-state index contributed by atoms with van der Waals surface area (Å²) in [5.74, 6) is -0.935. The smallest absolute Gasteiger partial charge is 0.478 e. The second-order valence-electron chi connectivity index (χ2n) is 1.25. The molecule has 0 aliphatic carbocycles. The Kier molecular flexibility index (Phi) is 19.8. The summed E-state index contributed by atoms with van der Waals surface area (Å²) in [6, 6.07) is 0. The van der Waals surface area contributed by atoms with E-state index < -0.39 is 5.97 Å². The van der Waals surface area contributed by atoms with Crippen LogP contribution in [0.4, 0.5) is 0 Å². The zero-order chi connectivity index (χ0) is 7.86. The number of aliphatic carboxylic acids is 1. The van der Waals surface area contributed by atoms with Gasteiger partial charge in [-0.1, -0.05) is 6.58 Å². The van der Waals surface area contributed by atoms with Gasteiger partial charge in [0.15, 0.2) is 0 Å². The van der Waals surface area contributed by atoms with Crippen LogP contribution >= 0.6 is 12.2 Å². The third-order valence-corrected chi connectivity index (χ3v) is 0.365. The van der Waals surface area contributed by atoms with E-state index in [2.05, 4.69) is 25.7 Å². The maximum absolute atomic E-state index is 9.60. The van der Waals surface area contributed by atoms with Crippen LogP contribution in [0.15, 0.2) is 12.2 Å². The molecule has 0 radical (unpaired) electrons. The van der Waals surface area contributed by atoms with Crippen molar-refractivity contribution in [2.75, 3.05) is 0 Å². The molecule has 0 aromatic rings. The van der Waals surface area contributed by atoms with Gasteiger partial charge in [0.1, 0.15) is 0 Å². The second kappa shape index (κ2) is 11.9. The van der Waals surface area contributed by atoms with Crippen LogP contribution in [0.3, 0.4) is 0 Å². The van der Waals surface area contributed by atoms with E-state index in [1.165, 1.54) is 12.3 Å². The molecule has 10 heavy (non-hydrogen) atoms. The molecule has 0 fully saturated rings. The van der Waals surface area contributed by atoms with E-state index in [0.717, 1.165) is 0 Å². The Morgan fingerprint density at radius 3 is 1.90 bits per heavy atom. The van der Waals surface area contributed by atoms with E-state index in [1.807, 2.05) is 0 Å². The van der Waals surface area contributed by atoms with Crippen molar-refractivity contribution in [3.8, 4) is 0 Å². The van der Waals surface area contributed by atoms with Crippen molar-refractivity contribution in [1.82, 2.24) is 0 Å². The van der Waals surface area contributed by atoms with Gasteiger partial charge in [0.2, 0.25) is 0 Å². The standard InChI is InChI=1S/C4H6O2.C2H3S.Na/c1-3(2)4(5)6;1-2-3;/h1H2,2H3,(H,5,6);2H,1H2;/q;-1;+1. The fourth-order valence-corrected chi connectivity index (χ4v) is 0. The number of thiocarbonyl (C=S) groups is 1. The molecule has 4 heteroatoms. The number of hydrogen-bond donors (Lipinski definition) is 1. The first-order valence-corrected chi connectivity index (χ1v) is 2.65. The molecular formula is C6H9NaO2S. The zero-order valence-electron chi connectivity index (χ0n) is 6.26. The van der Waals surface area contributed by atoms with Crippen molar-refractivity contribution in [2.24, 2.45) is 0 Å². The number of rotatable bonds is 1. The van der Waals surface area contributed by atoms with Gasteiger partial charge in [-0.05, 0) is 6.92 Å². The van der Waals surface area contributed by atoms with Crippen molar-refractivity contribution in [1.29, 1.82) is 0 Å². The summed E-state index contributed by atoms with van der Waals surface area (Å²) < 4.78 is 0. The minimum atomic E-state index is -0.935. The molecule has 0 aromatic heterocycles. The Labute approximate surface area is 88.6 Å². The summed E-state index contributed by atoms with van der Waals surface area (Å²) in [5, 5.41) is 9.22. The third-order valence-electron chi connectivity index (χ3n) is 0.365. The van der Waals surface area contributed by atoms with E-state index in [9.17, 15) is 4.79 Å². The molecule has 0 unspecified atom stereocenters. The average Bonchev–Trinajstić information content (AvgIpc) is 1.68. The summed E-state index contributed by atoms with van der Waals surface area (Å²) in [6.07, 6.45) is 0. The molecule has 0 aliphatic heterocycles.